The van der Waals surface area contributed by atoms with Crippen LogP contribution >= 0.6 is 11.6 Å². The summed E-state index contributed by atoms with van der Waals surface area (Å²) in [5.74, 6) is 0.592. The Morgan fingerprint density at radius 1 is 1.24 bits per heavy atom. The van der Waals surface area contributed by atoms with Gasteiger partial charge in [-0.2, -0.15) is 13.2 Å². The summed E-state index contributed by atoms with van der Waals surface area (Å²) in [5.41, 5.74) is -0.504. The predicted octanol–water partition coefficient (Wildman–Crippen LogP) is 3.75. The number of amides is 1. The smallest absolute Gasteiger partial charge is 0.365 e. The van der Waals surface area contributed by atoms with Gasteiger partial charge in [-0.1, -0.05) is 11.6 Å². The Morgan fingerprint density at radius 3 is 2.64 bits per heavy atom. The van der Waals surface area contributed by atoms with Crippen LogP contribution in [0, 0.1) is 0 Å². The number of hydrogen-bond donors (Lipinski definition) is 1. The van der Waals surface area contributed by atoms with Crippen molar-refractivity contribution in [2.45, 2.75) is 31.6 Å². The molecule has 0 saturated carbocycles. The second kappa shape index (κ2) is 9.34. The van der Waals surface area contributed by atoms with Crippen LogP contribution in [-0.4, -0.2) is 72.0 Å². The zero-order chi connectivity index (χ0) is 23.8. The van der Waals surface area contributed by atoms with Gasteiger partial charge in [-0.3, -0.25) is 4.79 Å². The van der Waals surface area contributed by atoms with Crippen molar-refractivity contribution in [3.63, 3.8) is 0 Å². The monoisotopic (exact) mass is 482 g/mol. The van der Waals surface area contributed by atoms with Gasteiger partial charge in [-0.15, -0.1) is 0 Å². The summed E-state index contributed by atoms with van der Waals surface area (Å²) in [7, 11) is 4.06. The normalized spacial score (nSPS) is 17.2. The molecule has 4 rings (SSSR count). The first-order chi connectivity index (χ1) is 15.6. The van der Waals surface area contributed by atoms with Crippen LogP contribution in [0.15, 0.2) is 24.4 Å². The highest BCUT2D eigenvalue weighted by atomic mass is 35.5. The molecule has 1 aromatic carbocycles. The topological polar surface area (TPSA) is 64.6 Å². The minimum Gasteiger partial charge on any atom is -0.365 e. The summed E-state index contributed by atoms with van der Waals surface area (Å²) >= 11 is 5.99. The van der Waals surface area contributed by atoms with Gasteiger partial charge in [0, 0.05) is 43.8 Å². The van der Waals surface area contributed by atoms with Crippen molar-refractivity contribution in [1.82, 2.24) is 19.8 Å². The molecule has 1 fully saturated rings. The van der Waals surface area contributed by atoms with Crippen LogP contribution < -0.4 is 10.2 Å². The van der Waals surface area contributed by atoms with Crippen molar-refractivity contribution in [2.24, 2.45) is 0 Å². The lowest BCUT2D eigenvalue weighted by atomic mass is 10.0. The number of anilines is 2. The third-order valence-electron chi connectivity index (χ3n) is 6.16. The fourth-order valence-electron chi connectivity index (χ4n) is 4.32. The third-order valence-corrected chi connectivity index (χ3v) is 6.40. The first-order valence-corrected chi connectivity index (χ1v) is 11.2. The number of hydrogen-bond acceptors (Lipinski definition) is 6. The van der Waals surface area contributed by atoms with Gasteiger partial charge in [0.05, 0.1) is 11.8 Å². The Labute approximate surface area is 195 Å². The largest absolute Gasteiger partial charge is 0.416 e. The van der Waals surface area contributed by atoms with Crippen molar-refractivity contribution in [2.75, 3.05) is 50.5 Å². The molecule has 2 aliphatic rings. The molecular weight excluding hydrogens is 457 g/mol. The Bertz CT molecular complexity index is 1020. The molecule has 1 saturated heterocycles. The lowest BCUT2D eigenvalue weighted by Crippen LogP contribution is -2.45. The van der Waals surface area contributed by atoms with E-state index in [1.807, 2.05) is 14.1 Å². The van der Waals surface area contributed by atoms with E-state index in [4.69, 9.17) is 11.6 Å². The number of rotatable bonds is 4. The summed E-state index contributed by atoms with van der Waals surface area (Å²) in [6.07, 6.45) is -1.32. The molecule has 0 atom stereocenters. The molecule has 1 N–H and O–H groups in total. The van der Waals surface area contributed by atoms with E-state index >= 15 is 0 Å². The summed E-state index contributed by atoms with van der Waals surface area (Å²) < 4.78 is 40.6. The SMILES string of the molecule is CN(C)C1CCN(C(=O)c2cnc3c(n2)N(Cc2cc(Cl)ccc2C(F)(F)F)CCN3)CC1. The molecule has 0 spiro atoms. The Morgan fingerprint density at radius 2 is 1.97 bits per heavy atom. The number of halogens is 4. The highest BCUT2D eigenvalue weighted by Crippen LogP contribution is 2.35. The lowest BCUT2D eigenvalue weighted by molar-refractivity contribution is -0.138. The van der Waals surface area contributed by atoms with E-state index in [0.29, 0.717) is 43.9 Å². The molecule has 0 radical (unpaired) electrons. The average molecular weight is 483 g/mol. The number of carbonyl (C=O) groups excluding carboxylic acids is 1. The van der Waals surface area contributed by atoms with Crippen molar-refractivity contribution < 1.29 is 18.0 Å². The van der Waals surface area contributed by atoms with Crippen LogP contribution in [0.1, 0.15) is 34.5 Å². The zero-order valence-corrected chi connectivity index (χ0v) is 19.2. The van der Waals surface area contributed by atoms with Gasteiger partial charge in [0.25, 0.3) is 5.91 Å². The number of benzene rings is 1. The second-order valence-electron chi connectivity index (χ2n) is 8.56. The quantitative estimate of drug-likeness (QED) is 0.716. The number of carbonyl (C=O) groups is 1. The first-order valence-electron chi connectivity index (χ1n) is 10.8. The van der Waals surface area contributed by atoms with Crippen molar-refractivity contribution >= 4 is 29.1 Å². The first kappa shape index (κ1) is 23.6. The molecule has 2 aliphatic heterocycles. The van der Waals surface area contributed by atoms with E-state index < -0.39 is 11.7 Å². The van der Waals surface area contributed by atoms with Crippen LogP contribution in [0.25, 0.3) is 0 Å². The van der Waals surface area contributed by atoms with Crippen LogP contribution in [0.5, 0.6) is 0 Å². The highest BCUT2D eigenvalue weighted by molar-refractivity contribution is 6.30. The van der Waals surface area contributed by atoms with E-state index in [2.05, 4.69) is 20.2 Å². The summed E-state index contributed by atoms with van der Waals surface area (Å²) in [6.45, 7) is 2.11. The Kier molecular flexibility index (Phi) is 6.67. The fourth-order valence-corrected chi connectivity index (χ4v) is 4.51. The van der Waals surface area contributed by atoms with E-state index in [1.54, 1.807) is 9.80 Å². The molecule has 1 aromatic heterocycles. The van der Waals surface area contributed by atoms with Gasteiger partial charge in [0.2, 0.25) is 0 Å². The van der Waals surface area contributed by atoms with Crippen molar-refractivity contribution in [3.05, 3.63) is 46.2 Å². The third kappa shape index (κ3) is 5.16. The van der Waals surface area contributed by atoms with Crippen molar-refractivity contribution in [3.8, 4) is 0 Å². The lowest BCUT2D eigenvalue weighted by Gasteiger charge is -2.35. The molecule has 0 aliphatic carbocycles. The van der Waals surface area contributed by atoms with E-state index in [-0.39, 0.29) is 28.7 Å². The van der Waals surface area contributed by atoms with Crippen LogP contribution in [0.3, 0.4) is 0 Å². The Hall–Kier alpha value is -2.59. The van der Waals surface area contributed by atoms with Gasteiger partial charge in [0.1, 0.15) is 5.69 Å². The van der Waals surface area contributed by atoms with E-state index in [9.17, 15) is 18.0 Å². The standard InChI is InChI=1S/C22H26ClF3N6O/c1-30(2)16-5-8-31(9-6-16)21(33)18-12-28-19-20(29-18)32(10-7-27-19)13-14-11-15(23)3-4-17(14)22(24,25)26/h3-4,11-12,16H,5-10,13H2,1-2H3,(H,27,28). The second-order valence-corrected chi connectivity index (χ2v) is 9.00. The van der Waals surface area contributed by atoms with Gasteiger partial charge in [-0.25, -0.2) is 9.97 Å². The van der Waals surface area contributed by atoms with Crippen LogP contribution in [-0.2, 0) is 12.7 Å². The number of alkyl halides is 3. The summed E-state index contributed by atoms with van der Waals surface area (Å²) in [6, 6.07) is 3.98. The maximum Gasteiger partial charge on any atom is 0.416 e. The van der Waals surface area contributed by atoms with Crippen LogP contribution in [0.4, 0.5) is 24.8 Å². The highest BCUT2D eigenvalue weighted by Gasteiger charge is 2.34. The minimum absolute atomic E-state index is 0.0483. The maximum atomic E-state index is 13.5. The summed E-state index contributed by atoms with van der Waals surface area (Å²) in [4.78, 5) is 27.5. The average Bonchev–Trinajstić information content (AvgIpc) is 2.78. The molecule has 0 bridgehead atoms. The zero-order valence-electron chi connectivity index (χ0n) is 18.5. The number of nitrogens with zero attached hydrogens (tertiary/aromatic N) is 5. The number of piperidine rings is 1. The summed E-state index contributed by atoms with van der Waals surface area (Å²) in [5, 5.41) is 3.33. The number of fused-ring (bicyclic) bond motifs is 1. The van der Waals surface area contributed by atoms with Gasteiger partial charge < -0.3 is 20.0 Å². The Balaban J connectivity index is 1.57. The van der Waals surface area contributed by atoms with Crippen LogP contribution in [0.2, 0.25) is 5.02 Å². The van der Waals surface area contributed by atoms with Gasteiger partial charge in [-0.05, 0) is 50.7 Å². The fraction of sp³-hybridized carbons (Fsp3) is 0.500. The molecule has 178 valence electrons. The molecule has 0 unspecified atom stereocenters. The number of likely N-dealkylation sites (tertiary alicyclic amines) is 1. The molecule has 7 nitrogen and oxygen atoms in total. The number of aromatic nitrogens is 2. The van der Waals surface area contributed by atoms with E-state index in [1.165, 1.54) is 18.3 Å². The maximum absolute atomic E-state index is 13.5. The van der Waals surface area contributed by atoms with Gasteiger partial charge >= 0.3 is 6.18 Å². The molecule has 33 heavy (non-hydrogen) atoms. The minimum atomic E-state index is -4.50. The molecule has 11 heteroatoms. The predicted molar refractivity (Wildman–Crippen MR) is 121 cm³/mol. The van der Waals surface area contributed by atoms with E-state index in [0.717, 1.165) is 18.9 Å². The molecule has 1 amide bonds. The van der Waals surface area contributed by atoms with Gasteiger partial charge in [0.15, 0.2) is 11.6 Å². The molecule has 2 aromatic rings. The molecular formula is C22H26ClF3N6O. The molecule has 3 heterocycles. The van der Waals surface area contributed by atoms with Crippen molar-refractivity contribution in [1.29, 1.82) is 0 Å². The number of nitrogens with one attached hydrogen (secondary N) is 1.